The Hall–Kier alpha value is -1.97. The van der Waals surface area contributed by atoms with Gasteiger partial charge in [-0.15, -0.1) is 0 Å². The van der Waals surface area contributed by atoms with Crippen LogP contribution in [0.25, 0.3) is 0 Å². The molecule has 120 valence electrons. The summed E-state index contributed by atoms with van der Waals surface area (Å²) >= 11 is 0. The maximum absolute atomic E-state index is 12.4. The second kappa shape index (κ2) is 6.65. The molecule has 0 saturated carbocycles. The Labute approximate surface area is 137 Å². The summed E-state index contributed by atoms with van der Waals surface area (Å²) < 4.78 is 0. The summed E-state index contributed by atoms with van der Waals surface area (Å²) in [5.41, 5.74) is 2.14. The Bertz CT molecular complexity index is 656. The van der Waals surface area contributed by atoms with Gasteiger partial charge in [0.1, 0.15) is 0 Å². The SMILES string of the molecule is Cc1ccc(C(=O)CN2CCC(O)(c3ccccc3)CC2)cc1. The van der Waals surface area contributed by atoms with E-state index in [0.717, 1.165) is 29.8 Å². The van der Waals surface area contributed by atoms with Gasteiger partial charge in [0.05, 0.1) is 12.1 Å². The fourth-order valence-corrected chi connectivity index (χ4v) is 3.15. The fraction of sp³-hybridized carbons (Fsp3) is 0.350. The van der Waals surface area contributed by atoms with E-state index in [0.29, 0.717) is 19.4 Å². The van der Waals surface area contributed by atoms with Crippen LogP contribution in [-0.4, -0.2) is 35.4 Å². The topological polar surface area (TPSA) is 40.5 Å². The molecule has 1 saturated heterocycles. The molecule has 1 N–H and O–H groups in total. The third-order valence-electron chi connectivity index (χ3n) is 4.74. The van der Waals surface area contributed by atoms with E-state index in [1.54, 1.807) is 0 Å². The molecule has 3 rings (SSSR count). The van der Waals surface area contributed by atoms with Crippen LogP contribution >= 0.6 is 0 Å². The molecule has 0 spiro atoms. The van der Waals surface area contributed by atoms with E-state index in [1.165, 1.54) is 0 Å². The van der Waals surface area contributed by atoms with Crippen LogP contribution in [-0.2, 0) is 5.60 Å². The zero-order valence-corrected chi connectivity index (χ0v) is 13.5. The Morgan fingerprint density at radius 3 is 2.26 bits per heavy atom. The molecule has 2 aromatic carbocycles. The van der Waals surface area contributed by atoms with Crippen LogP contribution in [0.15, 0.2) is 54.6 Å². The molecule has 2 aromatic rings. The Morgan fingerprint density at radius 1 is 1.04 bits per heavy atom. The highest BCUT2D eigenvalue weighted by Gasteiger charge is 2.34. The van der Waals surface area contributed by atoms with Crippen molar-refractivity contribution in [2.75, 3.05) is 19.6 Å². The maximum atomic E-state index is 12.4. The Morgan fingerprint density at radius 2 is 1.65 bits per heavy atom. The van der Waals surface area contributed by atoms with Crippen molar-refractivity contribution in [1.82, 2.24) is 4.90 Å². The average Bonchev–Trinajstić information content (AvgIpc) is 2.58. The summed E-state index contributed by atoms with van der Waals surface area (Å²) in [5, 5.41) is 10.8. The summed E-state index contributed by atoms with van der Waals surface area (Å²) in [6, 6.07) is 17.6. The average molecular weight is 309 g/mol. The molecule has 3 heteroatoms. The highest BCUT2D eigenvalue weighted by atomic mass is 16.3. The predicted molar refractivity (Wildman–Crippen MR) is 91.5 cm³/mol. The van der Waals surface area contributed by atoms with Crippen LogP contribution < -0.4 is 0 Å². The summed E-state index contributed by atoms with van der Waals surface area (Å²) in [6.07, 6.45) is 1.33. The van der Waals surface area contributed by atoms with Gasteiger partial charge in [0.15, 0.2) is 5.78 Å². The molecular formula is C20H23NO2. The normalized spacial score (nSPS) is 17.8. The maximum Gasteiger partial charge on any atom is 0.176 e. The van der Waals surface area contributed by atoms with Crippen molar-refractivity contribution in [2.24, 2.45) is 0 Å². The first-order chi connectivity index (χ1) is 11.1. The summed E-state index contributed by atoms with van der Waals surface area (Å²) in [6.45, 7) is 3.92. The minimum atomic E-state index is -0.759. The van der Waals surface area contributed by atoms with Gasteiger partial charge in [-0.25, -0.2) is 0 Å². The van der Waals surface area contributed by atoms with Crippen LogP contribution in [0.5, 0.6) is 0 Å². The van der Waals surface area contributed by atoms with Crippen LogP contribution in [0, 0.1) is 6.92 Å². The number of aliphatic hydroxyl groups is 1. The standard InChI is InChI=1S/C20H23NO2/c1-16-7-9-17(10-8-16)19(22)15-21-13-11-20(23,12-14-21)18-5-3-2-4-6-18/h2-10,23H,11-15H2,1H3. The molecule has 0 bridgehead atoms. The van der Waals surface area contributed by atoms with Crippen LogP contribution in [0.2, 0.25) is 0 Å². The minimum Gasteiger partial charge on any atom is -0.385 e. The lowest BCUT2D eigenvalue weighted by Crippen LogP contribution is -2.44. The predicted octanol–water partition coefficient (Wildman–Crippen LogP) is 3.16. The first-order valence-electron chi connectivity index (χ1n) is 8.17. The monoisotopic (exact) mass is 309 g/mol. The number of nitrogens with zero attached hydrogens (tertiary/aromatic N) is 1. The van der Waals surface area contributed by atoms with Crippen molar-refractivity contribution in [2.45, 2.75) is 25.4 Å². The van der Waals surface area contributed by atoms with Gasteiger partial charge in [-0.3, -0.25) is 9.69 Å². The lowest BCUT2D eigenvalue weighted by Gasteiger charge is -2.38. The van der Waals surface area contributed by atoms with Gasteiger partial charge in [-0.2, -0.15) is 0 Å². The lowest BCUT2D eigenvalue weighted by molar-refractivity contribution is -0.0245. The Balaban J connectivity index is 1.59. The molecule has 23 heavy (non-hydrogen) atoms. The van der Waals surface area contributed by atoms with E-state index in [1.807, 2.05) is 61.5 Å². The number of rotatable bonds is 4. The van der Waals surface area contributed by atoms with E-state index in [2.05, 4.69) is 4.90 Å². The van der Waals surface area contributed by atoms with Crippen LogP contribution in [0.3, 0.4) is 0 Å². The first-order valence-corrected chi connectivity index (χ1v) is 8.17. The van der Waals surface area contributed by atoms with Crippen molar-refractivity contribution < 1.29 is 9.90 Å². The summed E-state index contributed by atoms with van der Waals surface area (Å²) in [7, 11) is 0. The highest BCUT2D eigenvalue weighted by Crippen LogP contribution is 2.32. The summed E-state index contributed by atoms with van der Waals surface area (Å²) in [4.78, 5) is 14.5. The molecule has 0 amide bonds. The zero-order valence-electron chi connectivity index (χ0n) is 13.5. The largest absolute Gasteiger partial charge is 0.385 e. The number of Topliss-reactive ketones (excluding diaryl/α,β-unsaturated/α-hetero) is 1. The lowest BCUT2D eigenvalue weighted by atomic mass is 9.84. The van der Waals surface area contributed by atoms with Gasteiger partial charge in [0, 0.05) is 18.7 Å². The van der Waals surface area contributed by atoms with Gasteiger partial charge in [0.25, 0.3) is 0 Å². The van der Waals surface area contributed by atoms with Crippen molar-refractivity contribution in [3.63, 3.8) is 0 Å². The number of carbonyl (C=O) groups excluding carboxylic acids is 1. The molecule has 0 atom stereocenters. The zero-order chi connectivity index (χ0) is 16.3. The molecule has 1 aliphatic rings. The molecule has 3 nitrogen and oxygen atoms in total. The Kier molecular flexibility index (Phi) is 4.60. The van der Waals surface area contributed by atoms with Crippen LogP contribution in [0.4, 0.5) is 0 Å². The fourth-order valence-electron chi connectivity index (χ4n) is 3.15. The first kappa shape index (κ1) is 15.9. The number of hydrogen-bond donors (Lipinski definition) is 1. The molecule has 0 aromatic heterocycles. The third-order valence-corrected chi connectivity index (χ3v) is 4.74. The number of carbonyl (C=O) groups is 1. The quantitative estimate of drug-likeness (QED) is 0.882. The van der Waals surface area contributed by atoms with E-state index in [-0.39, 0.29) is 5.78 Å². The second-order valence-electron chi connectivity index (χ2n) is 6.46. The molecule has 1 heterocycles. The number of piperidine rings is 1. The number of benzene rings is 2. The van der Waals surface area contributed by atoms with Gasteiger partial charge in [-0.05, 0) is 25.3 Å². The van der Waals surface area contributed by atoms with Gasteiger partial charge in [0.2, 0.25) is 0 Å². The van der Waals surface area contributed by atoms with Gasteiger partial charge < -0.3 is 5.11 Å². The molecule has 1 fully saturated rings. The number of ketones is 1. The van der Waals surface area contributed by atoms with Crippen molar-refractivity contribution in [3.8, 4) is 0 Å². The molecule has 0 radical (unpaired) electrons. The van der Waals surface area contributed by atoms with Gasteiger partial charge in [-0.1, -0.05) is 60.2 Å². The summed E-state index contributed by atoms with van der Waals surface area (Å²) in [5.74, 6) is 0.148. The van der Waals surface area contributed by atoms with Crippen molar-refractivity contribution >= 4 is 5.78 Å². The van der Waals surface area contributed by atoms with Crippen molar-refractivity contribution in [1.29, 1.82) is 0 Å². The minimum absolute atomic E-state index is 0.148. The molecular weight excluding hydrogens is 286 g/mol. The second-order valence-corrected chi connectivity index (χ2v) is 6.46. The number of hydrogen-bond acceptors (Lipinski definition) is 3. The van der Waals surface area contributed by atoms with E-state index in [4.69, 9.17) is 0 Å². The third kappa shape index (κ3) is 3.69. The van der Waals surface area contributed by atoms with Crippen molar-refractivity contribution in [3.05, 3.63) is 71.3 Å². The molecule has 1 aliphatic heterocycles. The number of likely N-dealkylation sites (tertiary alicyclic amines) is 1. The van der Waals surface area contributed by atoms with E-state index < -0.39 is 5.60 Å². The van der Waals surface area contributed by atoms with Gasteiger partial charge >= 0.3 is 0 Å². The van der Waals surface area contributed by atoms with Crippen LogP contribution in [0.1, 0.15) is 34.3 Å². The van der Waals surface area contributed by atoms with E-state index >= 15 is 0 Å². The van der Waals surface area contributed by atoms with E-state index in [9.17, 15) is 9.90 Å². The smallest absolute Gasteiger partial charge is 0.176 e. The number of aryl methyl sites for hydroxylation is 1. The molecule has 0 aliphatic carbocycles. The highest BCUT2D eigenvalue weighted by molar-refractivity contribution is 5.97. The molecule has 0 unspecified atom stereocenters.